The van der Waals surface area contributed by atoms with E-state index < -0.39 is 55.2 Å². The van der Waals surface area contributed by atoms with Crippen LogP contribution in [0.5, 0.6) is 0 Å². The number of aliphatic hydroxyl groups excluding tert-OH is 1. The summed E-state index contributed by atoms with van der Waals surface area (Å²) < 4.78 is 22.2. The highest BCUT2D eigenvalue weighted by molar-refractivity contribution is 5.90. The summed E-state index contributed by atoms with van der Waals surface area (Å²) in [6, 6.07) is 23.3. The highest BCUT2D eigenvalue weighted by Crippen LogP contribution is 2.26. The van der Waals surface area contributed by atoms with Crippen molar-refractivity contribution in [2.45, 2.75) is 30.6 Å². The minimum Gasteiger partial charge on any atom is -0.459 e. The van der Waals surface area contributed by atoms with Gasteiger partial charge in [-0.1, -0.05) is 54.6 Å². The summed E-state index contributed by atoms with van der Waals surface area (Å²) >= 11 is 0. The summed E-state index contributed by atoms with van der Waals surface area (Å²) in [5.74, 6) is -2.10. The van der Waals surface area contributed by atoms with Gasteiger partial charge in [0.25, 0.3) is 0 Å². The van der Waals surface area contributed by atoms with Crippen molar-refractivity contribution in [2.75, 3.05) is 6.61 Å². The van der Waals surface area contributed by atoms with E-state index in [1.54, 1.807) is 91.0 Å². The van der Waals surface area contributed by atoms with E-state index in [2.05, 4.69) is 0 Å². The highest BCUT2D eigenvalue weighted by atomic mass is 16.7. The fourth-order valence-corrected chi connectivity index (χ4v) is 3.71. The van der Waals surface area contributed by atoms with Gasteiger partial charge >= 0.3 is 17.9 Å². The van der Waals surface area contributed by atoms with E-state index in [4.69, 9.17) is 24.7 Å². The molecule has 1 heterocycles. The molecule has 0 aromatic heterocycles. The Balaban J connectivity index is 1.57. The maximum Gasteiger partial charge on any atom is 0.338 e. The molecule has 36 heavy (non-hydrogen) atoms. The van der Waals surface area contributed by atoms with Crippen LogP contribution in [0.4, 0.5) is 0 Å². The number of esters is 3. The molecule has 0 radical (unpaired) electrons. The molecule has 0 saturated carbocycles. The Morgan fingerprint density at radius 1 is 0.694 bits per heavy atom. The molecule has 4 unspecified atom stereocenters. The molecule has 3 aromatic rings. The summed E-state index contributed by atoms with van der Waals surface area (Å²) in [6.45, 7) is -0.399. The number of carbonyl (C=O) groups excluding carboxylic acids is 3. The standard InChI is InChI=1S/C27H25NO8/c28-21-23(36-26(31)19-14-8-3-9-15-19)22(35-25(30)18-12-6-2-7-13-18)20(34-27(21)32)16-33-24(29)17-10-4-1-5-11-17/h1-15,20-23,27,32H,16,28H2/t20-,21?,22?,23?,27?/m0/s1. The number of aliphatic hydroxyl groups is 1. The Kier molecular flexibility index (Phi) is 8.06. The normalized spacial score (nSPS) is 23.3. The number of benzene rings is 3. The first-order chi connectivity index (χ1) is 17.4. The van der Waals surface area contributed by atoms with Crippen LogP contribution in [0.3, 0.4) is 0 Å². The lowest BCUT2D eigenvalue weighted by Gasteiger charge is -2.42. The number of hydrogen-bond donors (Lipinski definition) is 2. The van der Waals surface area contributed by atoms with Crippen molar-refractivity contribution in [2.24, 2.45) is 5.73 Å². The zero-order valence-electron chi connectivity index (χ0n) is 19.1. The number of nitrogens with two attached hydrogens (primary N) is 1. The van der Waals surface area contributed by atoms with Crippen LogP contribution >= 0.6 is 0 Å². The van der Waals surface area contributed by atoms with Crippen LogP contribution in [-0.4, -0.2) is 60.3 Å². The fraction of sp³-hybridized carbons (Fsp3) is 0.222. The Bertz CT molecular complexity index is 1170. The molecule has 0 aliphatic carbocycles. The topological polar surface area (TPSA) is 134 Å². The number of rotatable bonds is 7. The van der Waals surface area contributed by atoms with E-state index in [9.17, 15) is 19.5 Å². The molecule has 0 bridgehead atoms. The summed E-state index contributed by atoms with van der Waals surface area (Å²) in [6.07, 6.45) is -5.33. The van der Waals surface area contributed by atoms with E-state index in [-0.39, 0.29) is 11.1 Å². The molecule has 1 aliphatic rings. The molecule has 3 aromatic carbocycles. The van der Waals surface area contributed by atoms with Crippen LogP contribution in [0, 0.1) is 0 Å². The van der Waals surface area contributed by atoms with Gasteiger partial charge in [0.2, 0.25) is 0 Å². The van der Waals surface area contributed by atoms with Crippen LogP contribution in [0.2, 0.25) is 0 Å². The Labute approximate surface area is 207 Å². The van der Waals surface area contributed by atoms with E-state index in [1.807, 2.05) is 0 Å². The maximum absolute atomic E-state index is 12.9. The first kappa shape index (κ1) is 25.1. The van der Waals surface area contributed by atoms with Crippen LogP contribution in [0.25, 0.3) is 0 Å². The average Bonchev–Trinajstić information content (AvgIpc) is 2.92. The number of hydrogen-bond acceptors (Lipinski definition) is 9. The molecular formula is C27H25NO8. The summed E-state index contributed by atoms with van der Waals surface area (Å²) in [4.78, 5) is 38.1. The average molecular weight is 491 g/mol. The molecular weight excluding hydrogens is 466 g/mol. The molecule has 9 nitrogen and oxygen atoms in total. The van der Waals surface area contributed by atoms with Gasteiger partial charge in [0.1, 0.15) is 12.7 Å². The smallest absolute Gasteiger partial charge is 0.338 e. The summed E-state index contributed by atoms with van der Waals surface area (Å²) in [5.41, 5.74) is 6.90. The van der Waals surface area contributed by atoms with Gasteiger partial charge in [-0.2, -0.15) is 0 Å². The van der Waals surface area contributed by atoms with Crippen LogP contribution in [0.1, 0.15) is 31.1 Å². The maximum atomic E-state index is 12.9. The van der Waals surface area contributed by atoms with Crippen molar-refractivity contribution in [3.05, 3.63) is 108 Å². The van der Waals surface area contributed by atoms with E-state index in [0.717, 1.165) is 0 Å². The number of carbonyl (C=O) groups is 3. The number of ether oxygens (including phenoxy) is 4. The minimum atomic E-state index is -1.58. The van der Waals surface area contributed by atoms with Gasteiger partial charge in [0.05, 0.1) is 22.7 Å². The van der Waals surface area contributed by atoms with Crippen molar-refractivity contribution in [3.63, 3.8) is 0 Å². The van der Waals surface area contributed by atoms with Crippen LogP contribution in [0.15, 0.2) is 91.0 Å². The second-order valence-electron chi connectivity index (χ2n) is 8.08. The van der Waals surface area contributed by atoms with Gasteiger partial charge in [0.15, 0.2) is 18.5 Å². The first-order valence-electron chi connectivity index (χ1n) is 11.3. The van der Waals surface area contributed by atoms with Crippen LogP contribution in [-0.2, 0) is 18.9 Å². The third-order valence-electron chi connectivity index (χ3n) is 5.61. The van der Waals surface area contributed by atoms with Gasteiger partial charge < -0.3 is 29.8 Å². The monoisotopic (exact) mass is 491 g/mol. The third-order valence-corrected chi connectivity index (χ3v) is 5.61. The lowest BCUT2D eigenvalue weighted by atomic mass is 9.96. The molecule has 1 fully saturated rings. The Morgan fingerprint density at radius 3 is 1.58 bits per heavy atom. The SMILES string of the molecule is NC1C(O)O[C@@H](COC(=O)c2ccccc2)C(OC(=O)c2ccccc2)C1OC(=O)c1ccccc1. The quantitative estimate of drug-likeness (QED) is 0.377. The van der Waals surface area contributed by atoms with Crippen molar-refractivity contribution >= 4 is 17.9 Å². The fourth-order valence-electron chi connectivity index (χ4n) is 3.71. The van der Waals surface area contributed by atoms with E-state index in [0.29, 0.717) is 5.56 Å². The lowest BCUT2D eigenvalue weighted by molar-refractivity contribution is -0.248. The predicted molar refractivity (Wildman–Crippen MR) is 127 cm³/mol. The van der Waals surface area contributed by atoms with Gasteiger partial charge in [-0.05, 0) is 36.4 Å². The third kappa shape index (κ3) is 5.95. The zero-order valence-corrected chi connectivity index (χ0v) is 19.1. The van der Waals surface area contributed by atoms with E-state index in [1.165, 1.54) is 0 Å². The lowest BCUT2D eigenvalue weighted by Crippen LogP contribution is -2.64. The second kappa shape index (κ2) is 11.6. The highest BCUT2D eigenvalue weighted by Gasteiger charge is 2.49. The van der Waals surface area contributed by atoms with Crippen LogP contribution < -0.4 is 5.73 Å². The van der Waals surface area contributed by atoms with Crippen molar-refractivity contribution in [1.29, 1.82) is 0 Å². The molecule has 0 amide bonds. The largest absolute Gasteiger partial charge is 0.459 e. The molecule has 3 N–H and O–H groups in total. The first-order valence-corrected chi connectivity index (χ1v) is 11.3. The molecule has 1 aliphatic heterocycles. The van der Waals surface area contributed by atoms with Gasteiger partial charge in [-0.25, -0.2) is 14.4 Å². The van der Waals surface area contributed by atoms with Crippen molar-refractivity contribution in [1.82, 2.24) is 0 Å². The second-order valence-corrected chi connectivity index (χ2v) is 8.08. The predicted octanol–water partition coefficient (Wildman–Crippen LogP) is 2.34. The molecule has 4 rings (SSSR count). The van der Waals surface area contributed by atoms with Crippen molar-refractivity contribution < 1.29 is 38.4 Å². The molecule has 186 valence electrons. The van der Waals surface area contributed by atoms with Gasteiger partial charge in [-0.15, -0.1) is 0 Å². The molecule has 9 heteroatoms. The van der Waals surface area contributed by atoms with Crippen molar-refractivity contribution in [3.8, 4) is 0 Å². The summed E-state index contributed by atoms with van der Waals surface area (Å²) in [7, 11) is 0. The Morgan fingerprint density at radius 2 is 1.11 bits per heavy atom. The van der Waals surface area contributed by atoms with E-state index >= 15 is 0 Å². The van der Waals surface area contributed by atoms with Gasteiger partial charge in [0, 0.05) is 0 Å². The molecule has 0 spiro atoms. The van der Waals surface area contributed by atoms with Gasteiger partial charge in [-0.3, -0.25) is 0 Å². The summed E-state index contributed by atoms with van der Waals surface area (Å²) in [5, 5.41) is 10.4. The Hall–Kier alpha value is -4.05. The molecule has 1 saturated heterocycles. The minimum absolute atomic E-state index is 0.241. The molecule has 5 atom stereocenters. The zero-order chi connectivity index (χ0) is 25.5.